The van der Waals surface area contributed by atoms with Crippen LogP contribution >= 0.6 is 0 Å². The first-order chi connectivity index (χ1) is 7.39. The van der Waals surface area contributed by atoms with E-state index in [4.69, 9.17) is 5.73 Å². The van der Waals surface area contributed by atoms with Gasteiger partial charge in [-0.05, 0) is 35.6 Å². The fourth-order valence-corrected chi connectivity index (χ4v) is 1.37. The highest BCUT2D eigenvalue weighted by molar-refractivity contribution is 5.39. The van der Waals surface area contributed by atoms with E-state index < -0.39 is 0 Å². The van der Waals surface area contributed by atoms with Gasteiger partial charge in [0, 0.05) is 12.2 Å². The first-order valence-electron chi connectivity index (χ1n) is 5.94. The second-order valence-electron chi connectivity index (χ2n) is 5.64. The number of hydrogen-bond acceptors (Lipinski definition) is 2. The highest BCUT2D eigenvalue weighted by atomic mass is 14.9. The van der Waals surface area contributed by atoms with Gasteiger partial charge in [-0.15, -0.1) is 0 Å². The second-order valence-corrected chi connectivity index (χ2v) is 5.64. The lowest BCUT2D eigenvalue weighted by Gasteiger charge is -2.27. The van der Waals surface area contributed by atoms with Crippen LogP contribution in [0.25, 0.3) is 0 Å². The minimum Gasteiger partial charge on any atom is -0.399 e. The van der Waals surface area contributed by atoms with Gasteiger partial charge >= 0.3 is 0 Å². The molecule has 2 heteroatoms. The Hall–Kier alpha value is -1.02. The van der Waals surface area contributed by atoms with Gasteiger partial charge in [-0.1, -0.05) is 39.8 Å². The third kappa shape index (κ3) is 4.23. The van der Waals surface area contributed by atoms with Crippen molar-refractivity contribution >= 4 is 5.69 Å². The number of nitrogens with two attached hydrogens (primary N) is 1. The van der Waals surface area contributed by atoms with Crippen LogP contribution in [0.15, 0.2) is 24.3 Å². The van der Waals surface area contributed by atoms with Crippen molar-refractivity contribution in [3.63, 3.8) is 0 Å². The van der Waals surface area contributed by atoms with Crippen molar-refractivity contribution in [3.8, 4) is 0 Å². The van der Waals surface area contributed by atoms with Gasteiger partial charge in [0.15, 0.2) is 0 Å². The average molecular weight is 220 g/mol. The highest BCUT2D eigenvalue weighted by Crippen LogP contribution is 2.24. The van der Waals surface area contributed by atoms with Crippen molar-refractivity contribution < 1.29 is 0 Å². The zero-order valence-electron chi connectivity index (χ0n) is 10.9. The van der Waals surface area contributed by atoms with E-state index in [0.29, 0.717) is 11.3 Å². The quantitative estimate of drug-likeness (QED) is 0.765. The van der Waals surface area contributed by atoms with Crippen LogP contribution in [-0.4, -0.2) is 6.54 Å². The van der Waals surface area contributed by atoms with E-state index in [2.05, 4.69) is 45.1 Å². The molecule has 2 nitrogen and oxygen atoms in total. The summed E-state index contributed by atoms with van der Waals surface area (Å²) in [6.45, 7) is 11.1. The van der Waals surface area contributed by atoms with E-state index in [0.717, 1.165) is 18.8 Å². The number of rotatable bonds is 4. The number of anilines is 1. The van der Waals surface area contributed by atoms with Crippen molar-refractivity contribution in [2.24, 2.45) is 11.3 Å². The monoisotopic (exact) mass is 220 g/mol. The van der Waals surface area contributed by atoms with Crippen molar-refractivity contribution in [1.82, 2.24) is 5.32 Å². The maximum atomic E-state index is 5.64. The predicted octanol–water partition coefficient (Wildman–Crippen LogP) is 3.04. The van der Waals surface area contributed by atoms with Gasteiger partial charge < -0.3 is 11.1 Å². The molecule has 1 rings (SSSR count). The van der Waals surface area contributed by atoms with E-state index in [9.17, 15) is 0 Å². The van der Waals surface area contributed by atoms with Crippen LogP contribution in [-0.2, 0) is 6.54 Å². The van der Waals surface area contributed by atoms with Crippen molar-refractivity contribution in [2.75, 3.05) is 12.3 Å². The van der Waals surface area contributed by atoms with Crippen LogP contribution in [0, 0.1) is 11.3 Å². The van der Waals surface area contributed by atoms with Crippen molar-refractivity contribution in [3.05, 3.63) is 29.8 Å². The topological polar surface area (TPSA) is 38.0 Å². The van der Waals surface area contributed by atoms with Gasteiger partial charge in [0.05, 0.1) is 0 Å². The fourth-order valence-electron chi connectivity index (χ4n) is 1.37. The van der Waals surface area contributed by atoms with Crippen LogP contribution in [0.5, 0.6) is 0 Å². The molecule has 0 fully saturated rings. The molecule has 0 aliphatic carbocycles. The maximum Gasteiger partial charge on any atom is 0.0314 e. The first-order valence-corrected chi connectivity index (χ1v) is 5.94. The van der Waals surface area contributed by atoms with E-state index in [1.54, 1.807) is 0 Å². The Balaban J connectivity index is 2.33. The minimum atomic E-state index is 0.369. The molecule has 0 saturated heterocycles. The van der Waals surface area contributed by atoms with Gasteiger partial charge in [-0.2, -0.15) is 0 Å². The lowest BCUT2D eigenvalue weighted by molar-refractivity contribution is 0.252. The zero-order valence-corrected chi connectivity index (χ0v) is 10.9. The molecular formula is C14H24N2. The molecule has 0 bridgehead atoms. The molecule has 0 aliphatic rings. The normalized spacial score (nSPS) is 13.8. The number of hydrogen-bond donors (Lipinski definition) is 2. The molecule has 0 heterocycles. The molecule has 90 valence electrons. The molecule has 0 amide bonds. The Morgan fingerprint density at radius 1 is 1.19 bits per heavy atom. The van der Waals surface area contributed by atoms with E-state index in [-0.39, 0.29) is 0 Å². The Morgan fingerprint density at radius 2 is 1.75 bits per heavy atom. The second kappa shape index (κ2) is 5.35. The minimum absolute atomic E-state index is 0.369. The van der Waals surface area contributed by atoms with Gasteiger partial charge in [-0.3, -0.25) is 0 Å². The standard InChI is InChI=1S/C14H24N2/c1-11(14(2,3)4)9-16-10-12-5-7-13(15)8-6-12/h5-8,11,16H,9-10,15H2,1-4H3. The van der Waals surface area contributed by atoms with Crippen LogP contribution in [0.3, 0.4) is 0 Å². The molecule has 16 heavy (non-hydrogen) atoms. The van der Waals surface area contributed by atoms with Crippen molar-refractivity contribution in [1.29, 1.82) is 0 Å². The maximum absolute atomic E-state index is 5.64. The first kappa shape index (κ1) is 13.0. The summed E-state index contributed by atoms with van der Waals surface area (Å²) in [5.74, 6) is 0.668. The molecule has 0 saturated carbocycles. The molecule has 0 radical (unpaired) electrons. The summed E-state index contributed by atoms with van der Waals surface area (Å²) in [6.07, 6.45) is 0. The molecule has 1 aromatic carbocycles. The summed E-state index contributed by atoms with van der Waals surface area (Å²) in [7, 11) is 0. The summed E-state index contributed by atoms with van der Waals surface area (Å²) in [5, 5.41) is 3.49. The zero-order chi connectivity index (χ0) is 12.2. The molecule has 0 aromatic heterocycles. The molecule has 1 aromatic rings. The van der Waals surface area contributed by atoms with Crippen LogP contribution in [0.4, 0.5) is 5.69 Å². The number of nitrogens with one attached hydrogen (secondary N) is 1. The van der Waals surface area contributed by atoms with Gasteiger partial charge in [0.25, 0.3) is 0 Å². The van der Waals surface area contributed by atoms with Gasteiger partial charge in [0.2, 0.25) is 0 Å². The molecule has 0 spiro atoms. The molecule has 1 atom stereocenters. The third-order valence-corrected chi connectivity index (χ3v) is 3.24. The molecular weight excluding hydrogens is 196 g/mol. The summed E-state index contributed by atoms with van der Waals surface area (Å²) in [6, 6.07) is 8.04. The Labute approximate surface area is 99.2 Å². The van der Waals surface area contributed by atoms with Gasteiger partial charge in [0.1, 0.15) is 0 Å². The van der Waals surface area contributed by atoms with E-state index in [1.807, 2.05) is 12.1 Å². The van der Waals surface area contributed by atoms with Crippen LogP contribution in [0.1, 0.15) is 33.3 Å². The van der Waals surface area contributed by atoms with E-state index >= 15 is 0 Å². The number of benzene rings is 1. The Bertz CT molecular complexity index is 309. The average Bonchev–Trinajstić information content (AvgIpc) is 2.19. The molecule has 1 unspecified atom stereocenters. The largest absolute Gasteiger partial charge is 0.399 e. The summed E-state index contributed by atoms with van der Waals surface area (Å²) in [5.41, 5.74) is 8.12. The third-order valence-electron chi connectivity index (χ3n) is 3.24. The SMILES string of the molecule is CC(CNCc1ccc(N)cc1)C(C)(C)C. The van der Waals surface area contributed by atoms with Crippen LogP contribution in [0.2, 0.25) is 0 Å². The molecule has 0 aliphatic heterocycles. The summed E-state index contributed by atoms with van der Waals surface area (Å²) < 4.78 is 0. The lowest BCUT2D eigenvalue weighted by atomic mass is 9.82. The Kier molecular flexibility index (Phi) is 4.36. The smallest absolute Gasteiger partial charge is 0.0314 e. The molecule has 3 N–H and O–H groups in total. The van der Waals surface area contributed by atoms with Crippen molar-refractivity contribution in [2.45, 2.75) is 34.2 Å². The van der Waals surface area contributed by atoms with Gasteiger partial charge in [-0.25, -0.2) is 0 Å². The van der Waals surface area contributed by atoms with Crippen LogP contribution < -0.4 is 11.1 Å². The summed E-state index contributed by atoms with van der Waals surface area (Å²) >= 11 is 0. The lowest BCUT2D eigenvalue weighted by Crippen LogP contribution is -2.29. The fraction of sp³-hybridized carbons (Fsp3) is 0.571. The van der Waals surface area contributed by atoms with E-state index in [1.165, 1.54) is 5.56 Å². The summed E-state index contributed by atoms with van der Waals surface area (Å²) in [4.78, 5) is 0. The number of nitrogen functional groups attached to an aromatic ring is 1. The predicted molar refractivity (Wildman–Crippen MR) is 71.2 cm³/mol. The Morgan fingerprint density at radius 3 is 2.25 bits per heavy atom. The highest BCUT2D eigenvalue weighted by Gasteiger charge is 2.18.